The smallest absolute Gasteiger partial charge is 0.226 e. The molecule has 2 saturated carbocycles. The van der Waals surface area contributed by atoms with Crippen LogP contribution in [0.3, 0.4) is 0 Å². The van der Waals surface area contributed by atoms with Crippen molar-refractivity contribution in [2.45, 2.75) is 71.8 Å². The van der Waals surface area contributed by atoms with Gasteiger partial charge in [-0.1, -0.05) is 33.6 Å². The third-order valence-corrected chi connectivity index (χ3v) is 6.08. The average molecular weight is 306 g/mol. The molecule has 0 spiro atoms. The summed E-state index contributed by atoms with van der Waals surface area (Å²) in [6.45, 7) is 7.66. The van der Waals surface area contributed by atoms with E-state index in [-0.39, 0.29) is 22.7 Å². The summed E-state index contributed by atoms with van der Waals surface area (Å²) in [6, 6.07) is 0.297. The number of fused-ring (bicyclic) bond motifs is 2. The van der Waals surface area contributed by atoms with E-state index in [1.807, 2.05) is 4.90 Å². The highest BCUT2D eigenvalue weighted by molar-refractivity contribution is 5.85. The summed E-state index contributed by atoms with van der Waals surface area (Å²) in [6.07, 6.45) is 6.43. The van der Waals surface area contributed by atoms with Crippen LogP contribution in [0.15, 0.2) is 0 Å². The zero-order valence-electron chi connectivity index (χ0n) is 14.1. The molecule has 22 heavy (non-hydrogen) atoms. The molecule has 0 aromatic heterocycles. The Morgan fingerprint density at radius 1 is 1.05 bits per heavy atom. The van der Waals surface area contributed by atoms with Crippen molar-refractivity contribution in [2.24, 2.45) is 22.7 Å². The summed E-state index contributed by atoms with van der Waals surface area (Å²) >= 11 is 0. The van der Waals surface area contributed by atoms with Crippen LogP contribution in [0.5, 0.6) is 0 Å². The maximum Gasteiger partial charge on any atom is 0.226 e. The lowest BCUT2D eigenvalue weighted by Gasteiger charge is -2.40. The summed E-state index contributed by atoms with van der Waals surface area (Å²) in [4.78, 5) is 26.5. The lowest BCUT2D eigenvalue weighted by Crippen LogP contribution is -2.47. The van der Waals surface area contributed by atoms with Crippen molar-refractivity contribution in [2.75, 3.05) is 6.54 Å². The molecule has 4 heteroatoms. The van der Waals surface area contributed by atoms with Crippen LogP contribution in [0.1, 0.15) is 65.7 Å². The maximum absolute atomic E-state index is 13.0. The molecule has 1 aliphatic heterocycles. The van der Waals surface area contributed by atoms with E-state index in [0.29, 0.717) is 18.9 Å². The Labute approximate surface area is 133 Å². The summed E-state index contributed by atoms with van der Waals surface area (Å²) in [5.41, 5.74) is 0.473. The Bertz CT molecular complexity index is 487. The van der Waals surface area contributed by atoms with Gasteiger partial charge in [-0.15, -0.1) is 0 Å². The van der Waals surface area contributed by atoms with Crippen molar-refractivity contribution in [1.82, 2.24) is 4.90 Å². The molecule has 3 fully saturated rings. The van der Waals surface area contributed by atoms with Crippen LogP contribution in [0.2, 0.25) is 0 Å². The summed E-state index contributed by atoms with van der Waals surface area (Å²) in [7, 11) is 0. The Kier molecular flexibility index (Phi) is 3.77. The largest absolute Gasteiger partial charge is 0.550 e. The van der Waals surface area contributed by atoms with Crippen molar-refractivity contribution in [3.8, 4) is 0 Å². The Morgan fingerprint density at radius 2 is 1.68 bits per heavy atom. The third-order valence-electron chi connectivity index (χ3n) is 6.08. The fourth-order valence-electron chi connectivity index (χ4n) is 5.64. The highest BCUT2D eigenvalue weighted by Crippen LogP contribution is 2.53. The van der Waals surface area contributed by atoms with Crippen LogP contribution in [0.4, 0.5) is 0 Å². The van der Waals surface area contributed by atoms with Crippen LogP contribution < -0.4 is 5.11 Å². The predicted octanol–water partition coefficient (Wildman–Crippen LogP) is 1.97. The molecule has 3 rings (SSSR count). The zero-order valence-corrected chi connectivity index (χ0v) is 14.1. The minimum atomic E-state index is -1.04. The number of carbonyl (C=O) groups is 2. The number of carboxylic acids is 1. The van der Waals surface area contributed by atoms with Gasteiger partial charge in [0.25, 0.3) is 0 Å². The van der Waals surface area contributed by atoms with Crippen molar-refractivity contribution in [1.29, 1.82) is 0 Å². The first-order chi connectivity index (χ1) is 10.2. The number of nitrogens with zero attached hydrogens (tertiary/aromatic N) is 1. The highest BCUT2D eigenvalue weighted by atomic mass is 16.4. The molecule has 1 amide bonds. The van der Waals surface area contributed by atoms with Gasteiger partial charge in [-0.2, -0.15) is 0 Å². The van der Waals surface area contributed by atoms with Gasteiger partial charge in [0.2, 0.25) is 5.91 Å². The van der Waals surface area contributed by atoms with Crippen LogP contribution in [-0.4, -0.2) is 29.4 Å². The lowest BCUT2D eigenvalue weighted by molar-refractivity contribution is -0.314. The van der Waals surface area contributed by atoms with Gasteiger partial charge in [0.15, 0.2) is 0 Å². The number of rotatable bonds is 2. The second-order valence-electron chi connectivity index (χ2n) is 9.00. The number of likely N-dealkylation sites (tertiary alicyclic amines) is 1. The van der Waals surface area contributed by atoms with E-state index in [4.69, 9.17) is 0 Å². The van der Waals surface area contributed by atoms with Crippen LogP contribution in [0, 0.1) is 22.7 Å². The normalized spacial score (nSPS) is 40.5. The SMILES string of the molecule is CC1(C)C[C@H]2C[C@](C)(CN2C(=O)[C@H]2CCCC[C@H]2C(=O)[O-])C1. The second-order valence-corrected chi connectivity index (χ2v) is 9.00. The van der Waals surface area contributed by atoms with Gasteiger partial charge in [0, 0.05) is 30.4 Å². The maximum atomic E-state index is 13.0. The van der Waals surface area contributed by atoms with Gasteiger partial charge < -0.3 is 14.8 Å². The second kappa shape index (κ2) is 5.24. The molecule has 1 heterocycles. The molecule has 0 radical (unpaired) electrons. The fraction of sp³-hybridized carbons (Fsp3) is 0.889. The molecule has 0 N–H and O–H groups in total. The van der Waals surface area contributed by atoms with E-state index in [2.05, 4.69) is 20.8 Å². The molecule has 2 aliphatic carbocycles. The van der Waals surface area contributed by atoms with E-state index in [0.717, 1.165) is 38.6 Å². The lowest BCUT2D eigenvalue weighted by atomic mass is 9.65. The standard InChI is InChI=1S/C18H29NO3/c1-17(2)8-12-9-18(3,10-17)11-19(12)15(20)13-6-4-5-7-14(13)16(21)22/h12-14H,4-11H2,1-3H3,(H,21,22)/p-1/t12-,13-,14+,18-/m0/s1. The molecule has 1 saturated heterocycles. The van der Waals surface area contributed by atoms with Crippen molar-refractivity contribution in [3.63, 3.8) is 0 Å². The Balaban J connectivity index is 1.79. The van der Waals surface area contributed by atoms with E-state index < -0.39 is 11.9 Å². The molecular weight excluding hydrogens is 278 g/mol. The van der Waals surface area contributed by atoms with Crippen molar-refractivity contribution in [3.05, 3.63) is 0 Å². The molecule has 2 bridgehead atoms. The van der Waals surface area contributed by atoms with Crippen LogP contribution in [-0.2, 0) is 9.59 Å². The van der Waals surface area contributed by atoms with E-state index >= 15 is 0 Å². The Hall–Kier alpha value is -1.06. The van der Waals surface area contributed by atoms with Crippen molar-refractivity contribution >= 4 is 11.9 Å². The number of carboxylic acid groups (broad SMARTS) is 1. The number of hydrogen-bond acceptors (Lipinski definition) is 3. The van der Waals surface area contributed by atoms with Gasteiger partial charge >= 0.3 is 0 Å². The molecule has 3 aliphatic rings. The minimum absolute atomic E-state index is 0.0836. The molecular formula is C18H28NO3-. The molecule has 4 nitrogen and oxygen atoms in total. The number of carbonyl (C=O) groups excluding carboxylic acids is 2. The quantitative estimate of drug-likeness (QED) is 0.783. The molecule has 124 valence electrons. The molecule has 0 aromatic carbocycles. The summed E-state index contributed by atoms with van der Waals surface area (Å²) < 4.78 is 0. The minimum Gasteiger partial charge on any atom is -0.550 e. The fourth-order valence-corrected chi connectivity index (χ4v) is 5.64. The summed E-state index contributed by atoms with van der Waals surface area (Å²) in [5, 5.41) is 11.4. The van der Waals surface area contributed by atoms with Crippen LogP contribution >= 0.6 is 0 Å². The van der Waals surface area contributed by atoms with Crippen LogP contribution in [0.25, 0.3) is 0 Å². The van der Waals surface area contributed by atoms with E-state index in [1.165, 1.54) is 0 Å². The molecule has 4 atom stereocenters. The van der Waals surface area contributed by atoms with E-state index in [1.54, 1.807) is 0 Å². The first kappa shape index (κ1) is 15.8. The number of aliphatic carboxylic acids is 1. The Morgan fingerprint density at radius 3 is 2.32 bits per heavy atom. The van der Waals surface area contributed by atoms with Gasteiger partial charge in [-0.05, 0) is 42.9 Å². The van der Waals surface area contributed by atoms with Gasteiger partial charge in [0.1, 0.15) is 0 Å². The monoisotopic (exact) mass is 306 g/mol. The molecule has 0 unspecified atom stereocenters. The third kappa shape index (κ3) is 2.77. The van der Waals surface area contributed by atoms with E-state index in [9.17, 15) is 14.7 Å². The van der Waals surface area contributed by atoms with Crippen molar-refractivity contribution < 1.29 is 14.7 Å². The predicted molar refractivity (Wildman–Crippen MR) is 81.7 cm³/mol. The van der Waals surface area contributed by atoms with Gasteiger partial charge in [-0.25, -0.2) is 0 Å². The van der Waals surface area contributed by atoms with Gasteiger partial charge in [-0.3, -0.25) is 4.79 Å². The summed E-state index contributed by atoms with van der Waals surface area (Å²) in [5.74, 6) is -1.89. The zero-order chi connectivity index (χ0) is 16.1. The first-order valence-electron chi connectivity index (χ1n) is 8.72. The first-order valence-corrected chi connectivity index (χ1v) is 8.72. The average Bonchev–Trinajstić information content (AvgIpc) is 2.67. The number of hydrogen-bond donors (Lipinski definition) is 0. The topological polar surface area (TPSA) is 60.4 Å². The molecule has 0 aromatic rings. The number of amides is 1. The van der Waals surface area contributed by atoms with Gasteiger partial charge in [0.05, 0.1) is 0 Å². The highest BCUT2D eigenvalue weighted by Gasteiger charge is 2.52.